The smallest absolute Gasteiger partial charge is 0.251 e. The van der Waals surface area contributed by atoms with Crippen molar-refractivity contribution in [1.29, 1.82) is 0 Å². The van der Waals surface area contributed by atoms with Crippen molar-refractivity contribution in [3.63, 3.8) is 0 Å². The molecule has 2 aromatic carbocycles. The quantitative estimate of drug-likeness (QED) is 0.866. The molecule has 1 fully saturated rings. The van der Waals surface area contributed by atoms with Gasteiger partial charge in [-0.25, -0.2) is 0 Å². The molecule has 0 radical (unpaired) electrons. The van der Waals surface area contributed by atoms with Gasteiger partial charge >= 0.3 is 0 Å². The Morgan fingerprint density at radius 3 is 2.35 bits per heavy atom. The normalized spacial score (nSPS) is 15.3. The van der Waals surface area contributed by atoms with E-state index in [2.05, 4.69) is 17.4 Å². The van der Waals surface area contributed by atoms with Gasteiger partial charge in [0.05, 0.1) is 13.2 Å². The van der Waals surface area contributed by atoms with Gasteiger partial charge in [0.25, 0.3) is 5.91 Å². The molecule has 0 bridgehead atoms. The molecule has 1 amide bonds. The van der Waals surface area contributed by atoms with E-state index in [1.165, 1.54) is 10.5 Å². The van der Waals surface area contributed by atoms with E-state index in [1.54, 1.807) is 0 Å². The summed E-state index contributed by atoms with van der Waals surface area (Å²) in [6.07, 6.45) is 0. The van der Waals surface area contributed by atoms with Gasteiger partial charge in [-0.05, 0) is 17.7 Å². The maximum Gasteiger partial charge on any atom is 0.251 e. The lowest BCUT2D eigenvalue weighted by Gasteiger charge is -2.23. The third-order valence-electron chi connectivity index (χ3n) is 4.17. The van der Waals surface area contributed by atoms with Crippen LogP contribution < -0.4 is 10.2 Å². The minimum atomic E-state index is -0.0286. The van der Waals surface area contributed by atoms with Crippen molar-refractivity contribution in [2.24, 2.45) is 0 Å². The van der Waals surface area contributed by atoms with Crippen molar-refractivity contribution in [1.82, 2.24) is 5.32 Å². The van der Waals surface area contributed by atoms with Crippen LogP contribution in [0.4, 0.5) is 0 Å². The van der Waals surface area contributed by atoms with Crippen molar-refractivity contribution >= 4 is 5.91 Å². The lowest BCUT2D eigenvalue weighted by atomic mass is 10.1. The molecular formula is C19H23N2O2+. The van der Waals surface area contributed by atoms with E-state index in [0.717, 1.165) is 38.4 Å². The number of morpholine rings is 1. The van der Waals surface area contributed by atoms with E-state index in [-0.39, 0.29) is 5.91 Å². The van der Waals surface area contributed by atoms with E-state index in [1.807, 2.05) is 42.5 Å². The van der Waals surface area contributed by atoms with Crippen LogP contribution in [0.3, 0.4) is 0 Å². The summed E-state index contributed by atoms with van der Waals surface area (Å²) in [6.45, 7) is 5.35. The largest absolute Gasteiger partial charge is 0.370 e. The highest BCUT2D eigenvalue weighted by Crippen LogP contribution is 2.05. The predicted molar refractivity (Wildman–Crippen MR) is 89.3 cm³/mol. The second-order valence-electron chi connectivity index (χ2n) is 5.90. The number of nitrogens with one attached hydrogen (secondary N) is 2. The molecule has 2 aromatic rings. The molecule has 0 unspecified atom stereocenters. The molecule has 1 aliphatic heterocycles. The number of carbonyl (C=O) groups is 1. The highest BCUT2D eigenvalue weighted by molar-refractivity contribution is 5.94. The number of benzene rings is 2. The lowest BCUT2D eigenvalue weighted by Crippen LogP contribution is -3.12. The van der Waals surface area contributed by atoms with Crippen molar-refractivity contribution in [2.45, 2.75) is 13.1 Å². The zero-order chi connectivity index (χ0) is 15.9. The fraction of sp³-hybridized carbons (Fsp3) is 0.316. The molecule has 0 atom stereocenters. The molecule has 23 heavy (non-hydrogen) atoms. The van der Waals surface area contributed by atoms with Crippen LogP contribution in [-0.4, -0.2) is 32.2 Å². The zero-order valence-corrected chi connectivity index (χ0v) is 13.3. The molecule has 4 nitrogen and oxygen atoms in total. The van der Waals surface area contributed by atoms with E-state index in [9.17, 15) is 4.79 Å². The number of quaternary nitrogens is 1. The second kappa shape index (κ2) is 7.90. The Labute approximate surface area is 137 Å². The first kappa shape index (κ1) is 15.7. The van der Waals surface area contributed by atoms with Crippen LogP contribution >= 0.6 is 0 Å². The summed E-state index contributed by atoms with van der Waals surface area (Å²) in [5.74, 6) is -0.0286. The van der Waals surface area contributed by atoms with E-state index in [4.69, 9.17) is 4.74 Å². The summed E-state index contributed by atoms with van der Waals surface area (Å²) < 4.78 is 5.38. The topological polar surface area (TPSA) is 42.8 Å². The van der Waals surface area contributed by atoms with Crippen LogP contribution in [0.2, 0.25) is 0 Å². The molecule has 0 aromatic heterocycles. The monoisotopic (exact) mass is 311 g/mol. The van der Waals surface area contributed by atoms with Crippen LogP contribution in [0.25, 0.3) is 0 Å². The van der Waals surface area contributed by atoms with Crippen molar-refractivity contribution < 1.29 is 14.4 Å². The van der Waals surface area contributed by atoms with Gasteiger partial charge in [0.2, 0.25) is 0 Å². The maximum atomic E-state index is 12.2. The minimum absolute atomic E-state index is 0.0286. The van der Waals surface area contributed by atoms with Crippen LogP contribution in [-0.2, 0) is 17.8 Å². The van der Waals surface area contributed by atoms with Gasteiger partial charge in [0, 0.05) is 17.7 Å². The number of rotatable bonds is 5. The van der Waals surface area contributed by atoms with Crippen LogP contribution in [0.5, 0.6) is 0 Å². The molecule has 0 spiro atoms. The zero-order valence-electron chi connectivity index (χ0n) is 13.3. The Balaban J connectivity index is 1.52. The molecule has 3 rings (SSSR count). The van der Waals surface area contributed by atoms with Gasteiger partial charge in [0.1, 0.15) is 19.6 Å². The molecule has 120 valence electrons. The molecule has 1 heterocycles. The molecule has 4 heteroatoms. The fourth-order valence-corrected chi connectivity index (χ4v) is 2.78. The molecule has 0 saturated carbocycles. The maximum absolute atomic E-state index is 12.2. The molecule has 1 saturated heterocycles. The van der Waals surface area contributed by atoms with E-state index in [0.29, 0.717) is 12.1 Å². The Bertz CT molecular complexity index is 620. The predicted octanol–water partition coefficient (Wildman–Crippen LogP) is 1.03. The number of hydrogen-bond acceptors (Lipinski definition) is 2. The van der Waals surface area contributed by atoms with Crippen LogP contribution in [0, 0.1) is 0 Å². The third-order valence-corrected chi connectivity index (χ3v) is 4.17. The second-order valence-corrected chi connectivity index (χ2v) is 5.90. The van der Waals surface area contributed by atoms with Gasteiger partial charge in [-0.3, -0.25) is 4.79 Å². The lowest BCUT2D eigenvalue weighted by molar-refractivity contribution is -0.921. The number of carbonyl (C=O) groups excluding carboxylic acids is 1. The first-order valence-electron chi connectivity index (χ1n) is 8.13. The average Bonchev–Trinajstić information content (AvgIpc) is 2.62. The van der Waals surface area contributed by atoms with E-state index < -0.39 is 0 Å². The van der Waals surface area contributed by atoms with Gasteiger partial charge in [-0.2, -0.15) is 0 Å². The molecule has 2 N–H and O–H groups in total. The SMILES string of the molecule is O=C(NCc1ccccc1)c1ccc(C[NH+]2CCOCC2)cc1. The number of ether oxygens (including phenoxy) is 1. The standard InChI is InChI=1S/C19H22N2O2/c22-19(20-14-16-4-2-1-3-5-16)18-8-6-17(7-9-18)15-21-10-12-23-13-11-21/h1-9H,10-15H2,(H,20,22)/p+1. The molecule has 0 aliphatic carbocycles. The minimum Gasteiger partial charge on any atom is -0.370 e. The Hall–Kier alpha value is -2.17. The van der Waals surface area contributed by atoms with Gasteiger partial charge in [-0.1, -0.05) is 42.5 Å². The molecule has 1 aliphatic rings. The third kappa shape index (κ3) is 4.65. The summed E-state index contributed by atoms with van der Waals surface area (Å²) in [5, 5.41) is 2.96. The van der Waals surface area contributed by atoms with Crippen molar-refractivity contribution in [3.8, 4) is 0 Å². The van der Waals surface area contributed by atoms with Crippen molar-refractivity contribution in [2.75, 3.05) is 26.3 Å². The summed E-state index contributed by atoms with van der Waals surface area (Å²) in [6, 6.07) is 17.9. The summed E-state index contributed by atoms with van der Waals surface area (Å²) in [5.41, 5.74) is 3.08. The number of amides is 1. The Morgan fingerprint density at radius 1 is 0.957 bits per heavy atom. The summed E-state index contributed by atoms with van der Waals surface area (Å²) in [4.78, 5) is 13.7. The van der Waals surface area contributed by atoms with Crippen molar-refractivity contribution in [3.05, 3.63) is 71.3 Å². The molecular weight excluding hydrogens is 288 g/mol. The first-order chi connectivity index (χ1) is 11.3. The Morgan fingerprint density at radius 2 is 1.65 bits per heavy atom. The average molecular weight is 311 g/mol. The van der Waals surface area contributed by atoms with E-state index >= 15 is 0 Å². The number of hydrogen-bond donors (Lipinski definition) is 2. The van der Waals surface area contributed by atoms with Gasteiger partial charge in [0.15, 0.2) is 0 Å². The summed E-state index contributed by atoms with van der Waals surface area (Å²) in [7, 11) is 0. The summed E-state index contributed by atoms with van der Waals surface area (Å²) >= 11 is 0. The Kier molecular flexibility index (Phi) is 5.40. The van der Waals surface area contributed by atoms with Crippen LogP contribution in [0.1, 0.15) is 21.5 Å². The highest BCUT2D eigenvalue weighted by Gasteiger charge is 2.14. The highest BCUT2D eigenvalue weighted by atomic mass is 16.5. The van der Waals surface area contributed by atoms with Gasteiger partial charge in [-0.15, -0.1) is 0 Å². The van der Waals surface area contributed by atoms with Gasteiger partial charge < -0.3 is 15.0 Å². The van der Waals surface area contributed by atoms with Crippen LogP contribution in [0.15, 0.2) is 54.6 Å². The fourth-order valence-electron chi connectivity index (χ4n) is 2.78. The first-order valence-corrected chi connectivity index (χ1v) is 8.13.